The molecule has 1 aliphatic carbocycles. The summed E-state index contributed by atoms with van der Waals surface area (Å²) in [5, 5.41) is 23.9. The van der Waals surface area contributed by atoms with E-state index >= 15 is 0 Å². The van der Waals surface area contributed by atoms with Crippen LogP contribution in [0, 0.1) is 41.4 Å². The second-order valence-corrected chi connectivity index (χ2v) is 21.9. The molecule has 0 aromatic heterocycles. The van der Waals surface area contributed by atoms with Gasteiger partial charge in [-0.15, -0.1) is 0 Å². The van der Waals surface area contributed by atoms with Crippen molar-refractivity contribution < 1.29 is 62.6 Å². The monoisotopic (exact) mass is 1020 g/mol. The zero-order valence-electron chi connectivity index (χ0n) is 45.8. The number of benzene rings is 1. The first-order chi connectivity index (χ1) is 34.7. The van der Waals surface area contributed by atoms with Gasteiger partial charge in [-0.2, -0.15) is 0 Å². The number of hydrogen-bond acceptors (Lipinski definition) is 13. The third-order valence-electron chi connectivity index (χ3n) is 16.4. The highest BCUT2D eigenvalue weighted by molar-refractivity contribution is 6.39. The number of cyclic esters (lactones) is 1. The number of ketones is 3. The van der Waals surface area contributed by atoms with Crippen LogP contribution in [0.1, 0.15) is 144 Å². The van der Waals surface area contributed by atoms with Crippen molar-refractivity contribution in [3.8, 4) is 11.5 Å². The van der Waals surface area contributed by atoms with Crippen LogP contribution in [0.2, 0.25) is 0 Å². The summed E-state index contributed by atoms with van der Waals surface area (Å²) < 4.78 is 35.6. The molecular weight excluding hydrogens is 931 g/mol. The van der Waals surface area contributed by atoms with Crippen molar-refractivity contribution in [3.63, 3.8) is 0 Å². The molecule has 14 nitrogen and oxygen atoms in total. The van der Waals surface area contributed by atoms with Crippen LogP contribution < -0.4 is 9.47 Å². The largest absolute Gasteiger partial charge is 0.497 e. The highest BCUT2D eigenvalue weighted by atomic mass is 16.6. The van der Waals surface area contributed by atoms with Gasteiger partial charge >= 0.3 is 5.97 Å². The molecule has 3 heterocycles. The zero-order chi connectivity index (χ0) is 53.7. The van der Waals surface area contributed by atoms with Gasteiger partial charge in [0.15, 0.2) is 5.78 Å². The van der Waals surface area contributed by atoms with Crippen LogP contribution in [0.5, 0.6) is 11.5 Å². The molecule has 0 spiro atoms. The van der Waals surface area contributed by atoms with E-state index in [1.807, 2.05) is 70.2 Å². The zero-order valence-corrected chi connectivity index (χ0v) is 45.8. The lowest BCUT2D eigenvalue weighted by molar-refractivity contribution is -0.264. The van der Waals surface area contributed by atoms with Crippen molar-refractivity contribution in [1.82, 2.24) is 4.90 Å². The topological polar surface area (TPSA) is 184 Å². The fourth-order valence-corrected chi connectivity index (χ4v) is 11.6. The predicted octanol–water partition coefficient (Wildman–Crippen LogP) is 9.24. The number of ether oxygens (including phenoxy) is 6. The standard InChI is InChI=1S/C59H87NO13/c1-35-18-14-13-15-19-36(2)47(46-26-25-44(68-9)33-52(46)70-11)32-45-24-22-42(8)59(67,73-45)56(64)57(65)60-27-17-16-20-48(60)58(66)72-51(39(5)30-43-23-21-37(3)50(31-43)69-10)34-49(61)38(4)29-41(7)54(63)55(71-12)53(62)40(6)28-35/h13-15,18-19,25-26,29,33,35,37-40,42-43,45,47-48,50-51,54-55,63,67H,16-17,20-24,27-28,30-32,34H2,1-12H3/b15-13+,18-14+,36-19+,41-29+/t35-,37+,38-,39-,40-,42-,43+,45+,47+,48+,50-,51+,54-,55+,59-/m1/s1. The molecule has 3 aliphatic heterocycles. The summed E-state index contributed by atoms with van der Waals surface area (Å²) in [5.74, 6) is -6.47. The summed E-state index contributed by atoms with van der Waals surface area (Å²) in [5.41, 5.74) is 2.19. The van der Waals surface area contributed by atoms with E-state index in [4.69, 9.17) is 28.4 Å². The predicted molar refractivity (Wildman–Crippen MR) is 280 cm³/mol. The van der Waals surface area contributed by atoms with Crippen LogP contribution in [-0.4, -0.2) is 122 Å². The van der Waals surface area contributed by atoms with Crippen LogP contribution >= 0.6 is 0 Å². The van der Waals surface area contributed by atoms with Crippen molar-refractivity contribution in [2.75, 3.05) is 35.0 Å². The molecule has 73 heavy (non-hydrogen) atoms. The normalized spacial score (nSPS) is 37.2. The van der Waals surface area contributed by atoms with E-state index in [0.717, 1.165) is 30.4 Å². The third kappa shape index (κ3) is 15.1. The molecule has 5 rings (SSSR count). The van der Waals surface area contributed by atoms with Crippen LogP contribution in [0.15, 0.2) is 65.8 Å². The van der Waals surface area contributed by atoms with Gasteiger partial charge in [0.2, 0.25) is 5.79 Å². The summed E-state index contributed by atoms with van der Waals surface area (Å²) in [6, 6.07) is 4.45. The van der Waals surface area contributed by atoms with Crippen LogP contribution in [0.4, 0.5) is 0 Å². The first-order valence-corrected chi connectivity index (χ1v) is 26.9. The van der Waals surface area contributed by atoms with E-state index in [0.29, 0.717) is 67.9 Å². The number of allylic oxidation sites excluding steroid dienone is 7. The first kappa shape index (κ1) is 59.4. The van der Waals surface area contributed by atoms with Crippen LogP contribution in [-0.2, 0) is 42.9 Å². The Labute approximate surface area is 435 Å². The maximum absolute atomic E-state index is 14.6. The molecule has 0 unspecified atom stereocenters. The van der Waals surface area contributed by atoms with Gasteiger partial charge in [0, 0.05) is 62.5 Å². The van der Waals surface area contributed by atoms with E-state index < -0.39 is 71.7 Å². The summed E-state index contributed by atoms with van der Waals surface area (Å²) in [4.78, 5) is 73.1. The van der Waals surface area contributed by atoms with Gasteiger partial charge in [0.05, 0.1) is 26.4 Å². The molecule has 1 saturated carbocycles. The Hall–Kier alpha value is -4.47. The number of rotatable bonds is 8. The van der Waals surface area contributed by atoms with Gasteiger partial charge in [0.1, 0.15) is 41.6 Å². The van der Waals surface area contributed by atoms with Crippen molar-refractivity contribution in [1.29, 1.82) is 0 Å². The number of hydrogen-bond donors (Lipinski definition) is 2. The molecule has 1 aromatic carbocycles. The average molecular weight is 1020 g/mol. The molecule has 14 heteroatoms. The van der Waals surface area contributed by atoms with Gasteiger partial charge in [-0.3, -0.25) is 19.2 Å². The van der Waals surface area contributed by atoms with Crippen molar-refractivity contribution in [2.45, 2.75) is 181 Å². The molecule has 3 fully saturated rings. The fourth-order valence-electron chi connectivity index (χ4n) is 11.6. The highest BCUT2D eigenvalue weighted by Crippen LogP contribution is 2.43. The minimum absolute atomic E-state index is 0.00240. The maximum atomic E-state index is 14.6. The Kier molecular flexibility index (Phi) is 22.3. The Morgan fingerprint density at radius 1 is 0.836 bits per heavy atom. The fraction of sp³-hybridized carbons (Fsp3) is 0.678. The number of piperidine rings is 1. The summed E-state index contributed by atoms with van der Waals surface area (Å²) >= 11 is 0. The van der Waals surface area contributed by atoms with E-state index in [-0.39, 0.29) is 60.7 Å². The van der Waals surface area contributed by atoms with E-state index in [9.17, 15) is 34.2 Å². The Morgan fingerprint density at radius 2 is 1.58 bits per heavy atom. The number of fused-ring (bicyclic) bond motifs is 3. The number of carbonyl (C=O) groups excluding carboxylic acids is 5. The number of aliphatic hydroxyl groups is 2. The Balaban J connectivity index is 1.53. The van der Waals surface area contributed by atoms with E-state index in [2.05, 4.69) is 6.92 Å². The number of methoxy groups -OCH3 is 4. The molecule has 4 aliphatic rings. The number of carbonyl (C=O) groups is 5. The maximum Gasteiger partial charge on any atom is 0.329 e. The number of aliphatic hydroxyl groups excluding tert-OH is 1. The van der Waals surface area contributed by atoms with Crippen LogP contribution in [0.3, 0.4) is 0 Å². The second kappa shape index (κ2) is 27.4. The minimum Gasteiger partial charge on any atom is -0.497 e. The van der Waals surface area contributed by atoms with Gasteiger partial charge in [-0.1, -0.05) is 89.6 Å². The number of esters is 1. The molecule has 1 aromatic rings. The second-order valence-electron chi connectivity index (χ2n) is 21.9. The average Bonchev–Trinajstić information content (AvgIpc) is 3.38. The van der Waals surface area contributed by atoms with Crippen LogP contribution in [0.25, 0.3) is 0 Å². The molecule has 0 radical (unpaired) electrons. The lowest BCUT2D eigenvalue weighted by Crippen LogP contribution is -2.60. The molecule has 2 bridgehead atoms. The van der Waals surface area contributed by atoms with Crippen molar-refractivity contribution >= 4 is 29.2 Å². The van der Waals surface area contributed by atoms with Crippen molar-refractivity contribution in [2.24, 2.45) is 41.4 Å². The summed E-state index contributed by atoms with van der Waals surface area (Å²) in [7, 11) is 6.28. The highest BCUT2D eigenvalue weighted by Gasteiger charge is 2.53. The van der Waals surface area contributed by atoms with Gasteiger partial charge < -0.3 is 43.5 Å². The molecule has 15 atom stereocenters. The number of amides is 1. The molecule has 2 N–H and O–H groups in total. The van der Waals surface area contributed by atoms with E-state index in [1.165, 1.54) is 12.0 Å². The Morgan fingerprint density at radius 3 is 2.26 bits per heavy atom. The number of Topliss-reactive ketones (excluding diaryl/α,β-unsaturated/α-hetero) is 3. The van der Waals surface area contributed by atoms with Gasteiger partial charge in [-0.25, -0.2) is 4.79 Å². The van der Waals surface area contributed by atoms with Gasteiger partial charge in [-0.05, 0) is 120 Å². The molecule has 1 amide bonds. The molecular formula is C59H87NO13. The quantitative estimate of drug-likeness (QED) is 0.143. The van der Waals surface area contributed by atoms with E-state index in [1.54, 1.807) is 54.2 Å². The molecule has 406 valence electrons. The SMILES string of the molecule is COc1ccc([C@H]2C[C@@H]3CC[C@@H](C)[C@@](O)(O3)C(=O)C(=O)N3CCCC[C@H]3C(=O)O[C@H]([C@H](C)C[C@@H]3CC[C@H](C)[C@H](OC)C3)CC(=O)[C@H](C)/C=C(\C)[C@@H](O)[C@@H](OC)C(=O)[C@H](C)C[C@H](C)/C=C/C=C/C=C/2C)c(OC)c1. The third-order valence-corrected chi connectivity index (χ3v) is 16.4. The lowest BCUT2D eigenvalue weighted by atomic mass is 9.76. The lowest BCUT2D eigenvalue weighted by Gasteiger charge is -2.43. The Bertz CT molecular complexity index is 2180. The smallest absolute Gasteiger partial charge is 0.329 e. The summed E-state index contributed by atoms with van der Waals surface area (Å²) in [6.45, 7) is 15.2. The first-order valence-electron chi connectivity index (χ1n) is 26.9. The molecule has 2 saturated heterocycles. The summed E-state index contributed by atoms with van der Waals surface area (Å²) in [6.07, 6.45) is 13.9. The number of nitrogens with zero attached hydrogens (tertiary/aromatic N) is 1. The van der Waals surface area contributed by atoms with Crippen molar-refractivity contribution in [3.05, 3.63) is 71.4 Å². The van der Waals surface area contributed by atoms with Gasteiger partial charge in [0.25, 0.3) is 11.7 Å². The minimum atomic E-state index is -2.47.